The largest absolute Gasteiger partial charge is 0.359 e. The van der Waals surface area contributed by atoms with E-state index in [9.17, 15) is 4.79 Å². The molecule has 4 heterocycles. The van der Waals surface area contributed by atoms with Crippen molar-refractivity contribution in [2.75, 3.05) is 0 Å². The van der Waals surface area contributed by atoms with Crippen LogP contribution in [0.25, 0.3) is 10.8 Å². The van der Waals surface area contributed by atoms with Crippen molar-refractivity contribution in [2.45, 2.75) is 74.8 Å². The van der Waals surface area contributed by atoms with E-state index in [2.05, 4.69) is 48.3 Å². The average Bonchev–Trinajstić information content (AvgIpc) is 3.44. The summed E-state index contributed by atoms with van der Waals surface area (Å²) in [5.74, 6) is 1.23. The van der Waals surface area contributed by atoms with Gasteiger partial charge >= 0.3 is 0 Å². The van der Waals surface area contributed by atoms with Gasteiger partial charge in [-0.1, -0.05) is 31.2 Å². The highest BCUT2D eigenvalue weighted by Crippen LogP contribution is 2.70. The molecule has 0 N–H and O–H groups in total. The van der Waals surface area contributed by atoms with E-state index >= 15 is 0 Å². The van der Waals surface area contributed by atoms with Crippen molar-refractivity contribution in [1.82, 2.24) is 4.98 Å². The van der Waals surface area contributed by atoms with Gasteiger partial charge in [0.2, 0.25) is 0 Å². The third-order valence-corrected chi connectivity index (χ3v) is 9.91. The molecule has 162 valence electrons. The zero-order valence-electron chi connectivity index (χ0n) is 18.3. The number of rotatable bonds is 1. The Morgan fingerprint density at radius 1 is 1.09 bits per heavy atom. The monoisotopic (exact) mass is 425 g/mol. The number of carbonyl (C=O) groups excluding carboxylic acids is 1. The van der Waals surface area contributed by atoms with E-state index in [4.69, 9.17) is 9.47 Å². The molecular weight excluding hydrogens is 398 g/mol. The van der Waals surface area contributed by atoms with Crippen molar-refractivity contribution in [3.63, 3.8) is 0 Å². The van der Waals surface area contributed by atoms with E-state index in [0.717, 1.165) is 19.3 Å². The van der Waals surface area contributed by atoms with Crippen LogP contribution >= 0.6 is 0 Å². The number of allylic oxidation sites excluding steroid dienone is 1. The Morgan fingerprint density at radius 3 is 2.97 bits per heavy atom. The Hall–Kier alpha value is -2.30. The zero-order valence-corrected chi connectivity index (χ0v) is 18.3. The molecule has 2 saturated heterocycles. The van der Waals surface area contributed by atoms with E-state index in [1.807, 2.05) is 12.4 Å². The van der Waals surface area contributed by atoms with Crippen molar-refractivity contribution in [3.8, 4) is 0 Å². The van der Waals surface area contributed by atoms with Crippen LogP contribution in [0.1, 0.15) is 56.9 Å². The maximum Gasteiger partial charge on any atom is 0.167 e. The molecule has 1 aromatic carbocycles. The number of fused-ring (bicyclic) bond motifs is 4. The third kappa shape index (κ3) is 2.03. The summed E-state index contributed by atoms with van der Waals surface area (Å²) >= 11 is 0. The lowest BCUT2D eigenvalue weighted by Gasteiger charge is -2.53. The molecule has 2 spiro atoms. The van der Waals surface area contributed by atoms with Crippen molar-refractivity contribution in [3.05, 3.63) is 65.5 Å². The summed E-state index contributed by atoms with van der Waals surface area (Å²) < 4.78 is 12.9. The maximum atomic E-state index is 12.6. The molecule has 7 atom stereocenters. The number of nitrogens with zero attached hydrogens (tertiary/aromatic N) is 1. The highest BCUT2D eigenvalue weighted by Gasteiger charge is 2.70. The van der Waals surface area contributed by atoms with Crippen LogP contribution in [0.5, 0.6) is 0 Å². The van der Waals surface area contributed by atoms with Gasteiger partial charge in [-0.2, -0.15) is 0 Å². The summed E-state index contributed by atoms with van der Waals surface area (Å²) in [6.45, 7) is 2.49. The van der Waals surface area contributed by atoms with Crippen molar-refractivity contribution in [2.24, 2.45) is 11.3 Å². The van der Waals surface area contributed by atoms with E-state index in [1.165, 1.54) is 40.3 Å². The molecule has 4 fully saturated rings. The number of ketones is 1. The normalized spacial score (nSPS) is 45.5. The first-order valence-corrected chi connectivity index (χ1v) is 12.2. The smallest absolute Gasteiger partial charge is 0.167 e. The Morgan fingerprint density at radius 2 is 2.03 bits per heavy atom. The minimum absolute atomic E-state index is 0.0240. The molecule has 2 aromatic rings. The van der Waals surface area contributed by atoms with Crippen LogP contribution < -0.4 is 0 Å². The van der Waals surface area contributed by atoms with Gasteiger partial charge in [-0.3, -0.25) is 9.78 Å². The lowest BCUT2D eigenvalue weighted by Crippen LogP contribution is -2.54. The Kier molecular flexibility index (Phi) is 3.18. The highest BCUT2D eigenvalue weighted by atomic mass is 16.6. The molecule has 1 aromatic heterocycles. The predicted octanol–water partition coefficient (Wildman–Crippen LogP) is 5.03. The van der Waals surface area contributed by atoms with Crippen LogP contribution in [-0.2, 0) is 14.3 Å². The lowest BCUT2D eigenvalue weighted by atomic mass is 9.58. The molecule has 2 bridgehead atoms. The van der Waals surface area contributed by atoms with E-state index in [1.54, 1.807) is 0 Å². The van der Waals surface area contributed by atoms with E-state index in [0.29, 0.717) is 18.3 Å². The Labute approximate surface area is 187 Å². The van der Waals surface area contributed by atoms with Crippen molar-refractivity contribution in [1.29, 1.82) is 0 Å². The number of Topliss-reactive ketones (excluding diaryl/α,β-unsaturated/α-hetero) is 1. The topological polar surface area (TPSA) is 51.7 Å². The molecule has 8 rings (SSSR count). The SMILES string of the molecule is C[C@]12CC=C3C=C4[C@H]5OC5C(=O)C[C@]45CC[C@]3(O5)[C@@H]1CC[C@@H]2c1ccc2ccncc2c1. The van der Waals surface area contributed by atoms with Gasteiger partial charge in [0.1, 0.15) is 17.8 Å². The second-order valence-electron chi connectivity index (χ2n) is 11.2. The van der Waals surface area contributed by atoms with Crippen LogP contribution in [0.15, 0.2) is 60.0 Å². The van der Waals surface area contributed by atoms with Crippen molar-refractivity contribution >= 4 is 16.6 Å². The molecule has 0 radical (unpaired) electrons. The van der Waals surface area contributed by atoms with Gasteiger partial charge in [0, 0.05) is 24.2 Å². The number of hydrogen-bond acceptors (Lipinski definition) is 4. The standard InChI is InChI=1S/C28H27NO3/c1-26-8-6-19-13-21-24-25(31-24)22(30)14-27(21)9-10-28(19,32-27)23(26)5-4-20(26)17-3-2-16-7-11-29-15-18(16)12-17/h2-3,6-7,11-13,15,20,23-25H,4-5,8-10,14H2,1H3/t20-,23-,24-,25?,26-,27-,28-/m1/s1. The first-order chi connectivity index (χ1) is 15.5. The van der Waals surface area contributed by atoms with Gasteiger partial charge in [-0.15, -0.1) is 0 Å². The second-order valence-corrected chi connectivity index (χ2v) is 11.2. The van der Waals surface area contributed by atoms with Crippen LogP contribution in [0.3, 0.4) is 0 Å². The summed E-state index contributed by atoms with van der Waals surface area (Å²) in [6, 6.07) is 9.03. The first-order valence-electron chi connectivity index (χ1n) is 12.2. The summed E-state index contributed by atoms with van der Waals surface area (Å²) in [7, 11) is 0. The van der Waals surface area contributed by atoms with Crippen LogP contribution in [0.4, 0.5) is 0 Å². The van der Waals surface area contributed by atoms with Gasteiger partial charge in [0.05, 0.1) is 5.60 Å². The molecule has 3 aliphatic carbocycles. The molecular formula is C28H27NO3. The third-order valence-electron chi connectivity index (χ3n) is 9.91. The molecule has 4 heteroatoms. The van der Waals surface area contributed by atoms with Gasteiger partial charge in [-0.25, -0.2) is 0 Å². The molecule has 32 heavy (non-hydrogen) atoms. The number of aromatic nitrogens is 1. The molecule has 2 saturated carbocycles. The number of carbonyl (C=O) groups is 1. The Bertz CT molecular complexity index is 1280. The van der Waals surface area contributed by atoms with Crippen LogP contribution in [0, 0.1) is 11.3 Å². The fraction of sp³-hybridized carbons (Fsp3) is 0.500. The minimum atomic E-state index is -0.406. The molecule has 1 unspecified atom stereocenters. The first kappa shape index (κ1) is 18.2. The van der Waals surface area contributed by atoms with E-state index in [-0.39, 0.29) is 29.0 Å². The number of pyridine rings is 1. The lowest BCUT2D eigenvalue weighted by molar-refractivity contribution is -0.144. The van der Waals surface area contributed by atoms with Gasteiger partial charge < -0.3 is 9.47 Å². The fourth-order valence-corrected chi connectivity index (χ4v) is 8.37. The van der Waals surface area contributed by atoms with Gasteiger partial charge in [0.15, 0.2) is 5.78 Å². The minimum Gasteiger partial charge on any atom is -0.359 e. The van der Waals surface area contributed by atoms with Gasteiger partial charge in [0.25, 0.3) is 0 Å². The summed E-state index contributed by atoms with van der Waals surface area (Å²) in [5, 5.41) is 2.48. The number of benzene rings is 1. The fourth-order valence-electron chi connectivity index (χ4n) is 8.37. The molecule has 3 aliphatic heterocycles. The average molecular weight is 426 g/mol. The highest BCUT2D eigenvalue weighted by molar-refractivity contribution is 5.91. The van der Waals surface area contributed by atoms with Crippen LogP contribution in [-0.4, -0.2) is 34.2 Å². The second kappa shape index (κ2) is 5.60. The molecule has 6 aliphatic rings. The van der Waals surface area contributed by atoms with Crippen LogP contribution in [0.2, 0.25) is 0 Å². The summed E-state index contributed by atoms with van der Waals surface area (Å²) in [4.78, 5) is 17.0. The number of ether oxygens (including phenoxy) is 2. The predicted molar refractivity (Wildman–Crippen MR) is 120 cm³/mol. The number of hydrogen-bond donors (Lipinski definition) is 0. The van der Waals surface area contributed by atoms with Crippen molar-refractivity contribution < 1.29 is 14.3 Å². The Balaban J connectivity index is 1.23. The molecule has 4 nitrogen and oxygen atoms in total. The zero-order chi connectivity index (χ0) is 21.3. The number of epoxide rings is 1. The quantitative estimate of drug-likeness (QED) is 0.601. The summed E-state index contributed by atoms with van der Waals surface area (Å²) in [5.41, 5.74) is 3.58. The van der Waals surface area contributed by atoms with E-state index < -0.39 is 5.60 Å². The maximum absolute atomic E-state index is 12.6. The van der Waals surface area contributed by atoms with Gasteiger partial charge in [-0.05, 0) is 83.6 Å². The molecule has 0 amide bonds. The summed E-state index contributed by atoms with van der Waals surface area (Å²) in [6.07, 6.45) is 14.4.